The maximum Gasteiger partial charge on any atom is 0.146 e. The van der Waals surface area contributed by atoms with Crippen LogP contribution in [0.25, 0.3) is 10.8 Å². The van der Waals surface area contributed by atoms with Gasteiger partial charge >= 0.3 is 0 Å². The van der Waals surface area contributed by atoms with E-state index < -0.39 is 0 Å². The number of benzene rings is 2. The Morgan fingerprint density at radius 1 is 1.11 bits per heavy atom. The number of halogens is 2. The maximum atomic E-state index is 6.26. The molecule has 1 heterocycles. The van der Waals surface area contributed by atoms with E-state index in [1.807, 2.05) is 24.3 Å². The minimum absolute atomic E-state index is 0.187. The van der Waals surface area contributed by atoms with Crippen LogP contribution in [0.1, 0.15) is 6.42 Å². The van der Waals surface area contributed by atoms with Gasteiger partial charge in [-0.1, -0.05) is 47.5 Å². The molecule has 1 fully saturated rings. The van der Waals surface area contributed by atoms with Crippen molar-refractivity contribution in [1.29, 1.82) is 0 Å². The molecule has 3 rings (SSSR count). The number of nitrogens with one attached hydrogen (secondary N) is 1. The van der Waals surface area contributed by atoms with Gasteiger partial charge in [0.15, 0.2) is 0 Å². The molecule has 0 spiro atoms. The van der Waals surface area contributed by atoms with Gasteiger partial charge < -0.3 is 10.1 Å². The fourth-order valence-electron chi connectivity index (χ4n) is 2.29. The average molecular weight is 282 g/mol. The number of hydrogen-bond acceptors (Lipinski definition) is 2. The summed E-state index contributed by atoms with van der Waals surface area (Å²) in [7, 11) is 0. The number of fused-ring (bicyclic) bond motifs is 1. The first-order valence-corrected chi connectivity index (χ1v) is 6.75. The second-order valence-electron chi connectivity index (χ2n) is 4.45. The summed E-state index contributed by atoms with van der Waals surface area (Å²) >= 11 is 12.5. The molecule has 1 aliphatic rings. The normalized spacial score (nSPS) is 19.3. The lowest BCUT2D eigenvalue weighted by atomic mass is 10.1. The summed E-state index contributed by atoms with van der Waals surface area (Å²) in [5.41, 5.74) is 0. The Labute approximate surface area is 116 Å². The third kappa shape index (κ3) is 2.16. The first-order valence-electron chi connectivity index (χ1n) is 6.00. The van der Waals surface area contributed by atoms with Crippen molar-refractivity contribution in [3.8, 4) is 5.75 Å². The summed E-state index contributed by atoms with van der Waals surface area (Å²) in [6.07, 6.45) is 1.19. The van der Waals surface area contributed by atoms with Gasteiger partial charge in [0.05, 0.1) is 10.0 Å². The van der Waals surface area contributed by atoms with Crippen LogP contribution in [0.15, 0.2) is 30.3 Å². The molecule has 1 N–H and O–H groups in total. The number of ether oxygens (including phenoxy) is 1. The van der Waals surface area contributed by atoms with Gasteiger partial charge in [0.2, 0.25) is 0 Å². The van der Waals surface area contributed by atoms with Gasteiger partial charge in [0.1, 0.15) is 11.9 Å². The highest BCUT2D eigenvalue weighted by Gasteiger charge is 2.19. The zero-order chi connectivity index (χ0) is 12.5. The lowest BCUT2D eigenvalue weighted by Gasteiger charge is -2.16. The van der Waals surface area contributed by atoms with E-state index in [0.717, 1.165) is 36.0 Å². The summed E-state index contributed by atoms with van der Waals surface area (Å²) in [6.45, 7) is 1.86. The zero-order valence-electron chi connectivity index (χ0n) is 9.75. The molecule has 1 aliphatic heterocycles. The summed E-state index contributed by atoms with van der Waals surface area (Å²) in [5.74, 6) is 0.741. The fourth-order valence-corrected chi connectivity index (χ4v) is 2.87. The molecule has 1 saturated heterocycles. The van der Waals surface area contributed by atoms with Crippen molar-refractivity contribution in [1.82, 2.24) is 5.32 Å². The molecule has 2 aromatic rings. The van der Waals surface area contributed by atoms with Crippen molar-refractivity contribution < 1.29 is 4.74 Å². The van der Waals surface area contributed by atoms with Crippen LogP contribution in [0.2, 0.25) is 10.0 Å². The van der Waals surface area contributed by atoms with Crippen molar-refractivity contribution in [2.75, 3.05) is 13.1 Å². The van der Waals surface area contributed by atoms with E-state index >= 15 is 0 Å². The quantitative estimate of drug-likeness (QED) is 0.902. The van der Waals surface area contributed by atoms with Gasteiger partial charge in [-0.3, -0.25) is 0 Å². The molecule has 0 saturated carbocycles. The van der Waals surface area contributed by atoms with Crippen LogP contribution >= 0.6 is 23.2 Å². The molecule has 1 atom stereocenters. The highest BCUT2D eigenvalue weighted by Crippen LogP contribution is 2.38. The molecule has 94 valence electrons. The van der Waals surface area contributed by atoms with E-state index in [1.54, 1.807) is 6.07 Å². The maximum absolute atomic E-state index is 6.26. The van der Waals surface area contributed by atoms with Crippen LogP contribution in [-0.2, 0) is 0 Å². The number of rotatable bonds is 2. The Balaban J connectivity index is 2.09. The Morgan fingerprint density at radius 3 is 2.61 bits per heavy atom. The minimum Gasteiger partial charge on any atom is -0.487 e. The van der Waals surface area contributed by atoms with E-state index in [2.05, 4.69) is 5.32 Å². The van der Waals surface area contributed by atoms with Crippen LogP contribution in [0.4, 0.5) is 0 Å². The number of hydrogen-bond donors (Lipinski definition) is 1. The Morgan fingerprint density at radius 2 is 1.89 bits per heavy atom. The molecule has 4 heteroatoms. The average Bonchev–Trinajstić information content (AvgIpc) is 2.87. The van der Waals surface area contributed by atoms with E-state index in [9.17, 15) is 0 Å². The van der Waals surface area contributed by atoms with E-state index in [0.29, 0.717) is 10.0 Å². The van der Waals surface area contributed by atoms with E-state index in [1.165, 1.54) is 0 Å². The van der Waals surface area contributed by atoms with Crippen molar-refractivity contribution in [2.24, 2.45) is 0 Å². The summed E-state index contributed by atoms with van der Waals surface area (Å²) < 4.78 is 6.02. The van der Waals surface area contributed by atoms with Crippen molar-refractivity contribution >= 4 is 34.0 Å². The molecule has 2 aromatic carbocycles. The van der Waals surface area contributed by atoms with Crippen molar-refractivity contribution in [2.45, 2.75) is 12.5 Å². The zero-order valence-corrected chi connectivity index (χ0v) is 11.3. The van der Waals surface area contributed by atoms with Crippen LogP contribution in [-0.4, -0.2) is 19.2 Å². The SMILES string of the molecule is Clc1cc(Cl)c2ccccc2c1OC1CCNC1. The largest absolute Gasteiger partial charge is 0.487 e. The first kappa shape index (κ1) is 12.1. The van der Waals surface area contributed by atoms with E-state index in [4.69, 9.17) is 27.9 Å². The Kier molecular flexibility index (Phi) is 3.33. The second kappa shape index (κ2) is 4.96. The van der Waals surface area contributed by atoms with Gasteiger partial charge in [0.25, 0.3) is 0 Å². The molecule has 0 aliphatic carbocycles. The molecule has 0 amide bonds. The molecular formula is C14H13Cl2NO. The highest BCUT2D eigenvalue weighted by molar-refractivity contribution is 6.39. The van der Waals surface area contributed by atoms with Crippen LogP contribution in [0.5, 0.6) is 5.75 Å². The van der Waals surface area contributed by atoms with Crippen molar-refractivity contribution in [3.05, 3.63) is 40.4 Å². The van der Waals surface area contributed by atoms with E-state index in [-0.39, 0.29) is 6.10 Å². The lowest BCUT2D eigenvalue weighted by molar-refractivity contribution is 0.226. The Bertz CT molecular complexity index is 579. The molecular weight excluding hydrogens is 269 g/mol. The fraction of sp³-hybridized carbons (Fsp3) is 0.286. The van der Waals surface area contributed by atoms with Crippen LogP contribution in [0, 0.1) is 0 Å². The first-order chi connectivity index (χ1) is 8.75. The standard InChI is InChI=1S/C14H13Cl2NO/c15-12-7-13(16)14(18-9-5-6-17-8-9)11-4-2-1-3-10(11)12/h1-4,7,9,17H,5-6,8H2. The molecule has 0 radical (unpaired) electrons. The van der Waals surface area contributed by atoms with Gasteiger partial charge in [-0.05, 0) is 19.0 Å². The highest BCUT2D eigenvalue weighted by atomic mass is 35.5. The molecule has 0 bridgehead atoms. The Hall–Kier alpha value is -0.960. The lowest BCUT2D eigenvalue weighted by Crippen LogP contribution is -2.19. The van der Waals surface area contributed by atoms with Crippen molar-refractivity contribution in [3.63, 3.8) is 0 Å². The second-order valence-corrected chi connectivity index (χ2v) is 5.26. The van der Waals surface area contributed by atoms with Gasteiger partial charge in [-0.2, -0.15) is 0 Å². The predicted octanol–water partition coefficient (Wildman–Crippen LogP) is 3.89. The summed E-state index contributed by atoms with van der Waals surface area (Å²) in [6, 6.07) is 9.65. The van der Waals surface area contributed by atoms with Gasteiger partial charge in [-0.15, -0.1) is 0 Å². The minimum atomic E-state index is 0.187. The molecule has 1 unspecified atom stereocenters. The summed E-state index contributed by atoms with van der Waals surface area (Å²) in [4.78, 5) is 0. The monoisotopic (exact) mass is 281 g/mol. The molecule has 18 heavy (non-hydrogen) atoms. The molecule has 0 aromatic heterocycles. The topological polar surface area (TPSA) is 21.3 Å². The third-order valence-corrected chi connectivity index (χ3v) is 3.79. The van der Waals surface area contributed by atoms with Gasteiger partial charge in [0, 0.05) is 17.3 Å². The third-order valence-electron chi connectivity index (χ3n) is 3.20. The predicted molar refractivity (Wildman–Crippen MR) is 75.9 cm³/mol. The smallest absolute Gasteiger partial charge is 0.146 e. The van der Waals surface area contributed by atoms with Gasteiger partial charge in [-0.25, -0.2) is 0 Å². The van der Waals surface area contributed by atoms with Crippen LogP contribution in [0.3, 0.4) is 0 Å². The summed E-state index contributed by atoms with van der Waals surface area (Å²) in [5, 5.41) is 6.46. The molecule has 2 nitrogen and oxygen atoms in total. The van der Waals surface area contributed by atoms with Crippen LogP contribution < -0.4 is 10.1 Å².